The number of nitrogens with zero attached hydrogens (tertiary/aromatic N) is 2. The molecule has 98 valence electrons. The molecule has 0 bridgehead atoms. The number of allylic oxidation sites excluding steroid dienone is 1. The molecule has 0 amide bonds. The maximum absolute atomic E-state index is 13.6. The number of hydrogen-bond donors (Lipinski definition) is 2. The predicted octanol–water partition coefficient (Wildman–Crippen LogP) is 1.77. The predicted molar refractivity (Wildman–Crippen MR) is 56.5 cm³/mol. The molecule has 8 heteroatoms. The molecule has 0 radical (unpaired) electrons. The van der Waals surface area contributed by atoms with Crippen molar-refractivity contribution in [2.45, 2.75) is 6.92 Å². The molecule has 0 fully saturated rings. The molecule has 19 heavy (non-hydrogen) atoms. The van der Waals surface area contributed by atoms with Crippen LogP contribution in [0, 0.1) is 52.9 Å². The lowest BCUT2D eigenvalue weighted by atomic mass is 10.0. The van der Waals surface area contributed by atoms with Crippen LogP contribution in [0.4, 0.5) is 17.6 Å². The van der Waals surface area contributed by atoms with E-state index in [1.807, 2.05) is 0 Å². The Kier molecular flexibility index (Phi) is 4.10. The van der Waals surface area contributed by atoms with Crippen molar-refractivity contribution in [3.8, 4) is 12.1 Å². The lowest BCUT2D eigenvalue weighted by Crippen LogP contribution is -2.24. The summed E-state index contributed by atoms with van der Waals surface area (Å²) in [6, 6.07) is 2.61. The molecule has 0 spiro atoms. The average Bonchev–Trinajstić information content (AvgIpc) is 2.42. The van der Waals surface area contributed by atoms with Crippen LogP contribution in [0.25, 0.3) is 5.70 Å². The van der Waals surface area contributed by atoms with Crippen LogP contribution in [0.2, 0.25) is 0 Å². The van der Waals surface area contributed by atoms with Crippen molar-refractivity contribution in [3.05, 3.63) is 40.0 Å². The zero-order valence-corrected chi connectivity index (χ0v) is 9.48. The minimum absolute atomic E-state index is 0.817. The van der Waals surface area contributed by atoms with Crippen molar-refractivity contribution in [3.63, 3.8) is 0 Å². The third-order valence-electron chi connectivity index (χ3n) is 2.35. The smallest absolute Gasteiger partial charge is 0.171 e. The van der Waals surface area contributed by atoms with E-state index in [2.05, 4.69) is 0 Å². The highest BCUT2D eigenvalue weighted by atomic mass is 19.2. The first-order valence-electron chi connectivity index (χ1n) is 4.74. The van der Waals surface area contributed by atoms with Crippen LogP contribution in [-0.4, -0.2) is 0 Å². The first kappa shape index (κ1) is 14.5. The summed E-state index contributed by atoms with van der Waals surface area (Å²) in [5.74, 6) is -1.80. The molecule has 4 nitrogen and oxygen atoms in total. The van der Waals surface area contributed by atoms with E-state index in [9.17, 15) is 17.6 Å². The molecule has 1 aromatic carbocycles. The van der Waals surface area contributed by atoms with Crippen molar-refractivity contribution in [2.24, 2.45) is 5.84 Å². The quantitative estimate of drug-likeness (QED) is 0.282. The Labute approximate surface area is 105 Å². The molecule has 0 atom stereocenters. The molecule has 3 N–H and O–H groups in total. The average molecular weight is 270 g/mol. The van der Waals surface area contributed by atoms with E-state index in [1.165, 1.54) is 12.1 Å². The van der Waals surface area contributed by atoms with Gasteiger partial charge in [0.1, 0.15) is 12.1 Å². The van der Waals surface area contributed by atoms with Crippen LogP contribution < -0.4 is 11.3 Å². The normalized spacial score (nSPS) is 9.47. The van der Waals surface area contributed by atoms with Gasteiger partial charge in [-0.15, -0.1) is 0 Å². The van der Waals surface area contributed by atoms with Crippen molar-refractivity contribution in [1.29, 1.82) is 10.5 Å². The summed E-state index contributed by atoms with van der Waals surface area (Å²) in [7, 11) is 0. The molecular formula is C11H6F4N4. The fourth-order valence-corrected chi connectivity index (χ4v) is 1.37. The fourth-order valence-electron chi connectivity index (χ4n) is 1.37. The lowest BCUT2D eigenvalue weighted by Gasteiger charge is -2.12. The molecule has 0 heterocycles. The monoisotopic (exact) mass is 270 g/mol. The summed E-state index contributed by atoms with van der Waals surface area (Å²) in [5.41, 5.74) is -2.05. The van der Waals surface area contributed by atoms with E-state index in [0.717, 1.165) is 6.92 Å². The number of nitrogens with one attached hydrogen (secondary N) is 1. The van der Waals surface area contributed by atoms with E-state index in [1.54, 1.807) is 5.43 Å². The standard InChI is InChI=1S/C11H6F4N4/c1-4-7(12)9(14)6(10(15)8(4)13)11(19-18)5(2-16)3-17/h19H,18H2,1H3. The highest BCUT2D eigenvalue weighted by Crippen LogP contribution is 2.28. The largest absolute Gasteiger partial charge is 0.322 e. The number of rotatable bonds is 2. The number of hydrogen-bond acceptors (Lipinski definition) is 4. The maximum Gasteiger partial charge on any atom is 0.171 e. The Hall–Kier alpha value is -2.58. The van der Waals surface area contributed by atoms with Gasteiger partial charge in [0.05, 0.1) is 11.3 Å². The maximum atomic E-state index is 13.6. The van der Waals surface area contributed by atoms with Crippen molar-refractivity contribution in [1.82, 2.24) is 5.43 Å². The van der Waals surface area contributed by atoms with E-state index in [0.29, 0.717) is 0 Å². The Balaban J connectivity index is 3.85. The molecule has 0 unspecified atom stereocenters. The second-order valence-electron chi connectivity index (χ2n) is 3.37. The number of halogens is 4. The van der Waals surface area contributed by atoms with Crippen LogP contribution in [0.1, 0.15) is 11.1 Å². The second-order valence-corrected chi connectivity index (χ2v) is 3.37. The van der Waals surface area contributed by atoms with Gasteiger partial charge in [0.2, 0.25) is 0 Å². The molecule has 1 rings (SSSR count). The van der Waals surface area contributed by atoms with E-state index in [-0.39, 0.29) is 0 Å². The summed E-state index contributed by atoms with van der Waals surface area (Å²) in [6.45, 7) is 0.843. The third-order valence-corrected chi connectivity index (χ3v) is 2.35. The van der Waals surface area contributed by atoms with E-state index in [4.69, 9.17) is 16.4 Å². The van der Waals surface area contributed by atoms with Crippen molar-refractivity contribution in [2.75, 3.05) is 0 Å². The van der Waals surface area contributed by atoms with Crippen LogP contribution in [-0.2, 0) is 0 Å². The van der Waals surface area contributed by atoms with Gasteiger partial charge in [-0.25, -0.2) is 17.6 Å². The van der Waals surface area contributed by atoms with Crippen LogP contribution in [0.3, 0.4) is 0 Å². The molecule has 0 aromatic heterocycles. The summed E-state index contributed by atoms with van der Waals surface area (Å²) >= 11 is 0. The van der Waals surface area contributed by atoms with Crippen molar-refractivity contribution < 1.29 is 17.6 Å². The zero-order valence-electron chi connectivity index (χ0n) is 9.48. The van der Waals surface area contributed by atoms with E-state index < -0.39 is 45.7 Å². The number of nitrogens with two attached hydrogens (primary N) is 1. The SMILES string of the molecule is Cc1c(F)c(F)c(C(NN)=C(C#N)C#N)c(F)c1F. The van der Waals surface area contributed by atoms with E-state index >= 15 is 0 Å². The second kappa shape index (κ2) is 5.38. The van der Waals surface area contributed by atoms with Gasteiger partial charge in [-0.05, 0) is 6.92 Å². The van der Waals surface area contributed by atoms with Gasteiger partial charge in [-0.3, -0.25) is 5.84 Å². The Morgan fingerprint density at radius 2 is 1.42 bits per heavy atom. The van der Waals surface area contributed by atoms with Gasteiger partial charge in [-0.1, -0.05) is 0 Å². The zero-order chi connectivity index (χ0) is 14.7. The van der Waals surface area contributed by atoms with Crippen LogP contribution in [0.5, 0.6) is 0 Å². The summed E-state index contributed by atoms with van der Waals surface area (Å²) in [4.78, 5) is 0. The summed E-state index contributed by atoms with van der Waals surface area (Å²) in [6.07, 6.45) is 0. The number of hydrazine groups is 1. The van der Waals surface area contributed by atoms with Crippen molar-refractivity contribution >= 4 is 5.70 Å². The van der Waals surface area contributed by atoms with Gasteiger partial charge >= 0.3 is 0 Å². The van der Waals surface area contributed by atoms with Crippen LogP contribution >= 0.6 is 0 Å². The minimum atomic E-state index is -1.74. The topological polar surface area (TPSA) is 85.6 Å². The Bertz CT molecular complexity index is 607. The number of nitriles is 2. The van der Waals surface area contributed by atoms with Gasteiger partial charge < -0.3 is 5.43 Å². The molecule has 0 aliphatic heterocycles. The summed E-state index contributed by atoms with van der Waals surface area (Å²) < 4.78 is 54.0. The molecule has 1 aromatic rings. The van der Waals surface area contributed by atoms with Gasteiger partial charge in [-0.2, -0.15) is 10.5 Å². The van der Waals surface area contributed by atoms with Gasteiger partial charge in [0.25, 0.3) is 0 Å². The summed E-state index contributed by atoms with van der Waals surface area (Å²) in [5, 5.41) is 17.2. The number of benzene rings is 1. The fraction of sp³-hybridized carbons (Fsp3) is 0.0909. The van der Waals surface area contributed by atoms with Gasteiger partial charge in [0.15, 0.2) is 28.8 Å². The third kappa shape index (κ3) is 2.21. The molecular weight excluding hydrogens is 264 g/mol. The van der Waals surface area contributed by atoms with Gasteiger partial charge in [0, 0.05) is 5.56 Å². The Morgan fingerprint density at radius 1 is 1.00 bits per heavy atom. The molecule has 0 saturated heterocycles. The molecule has 0 aliphatic rings. The molecule has 0 aliphatic carbocycles. The highest BCUT2D eigenvalue weighted by molar-refractivity contribution is 5.74. The lowest BCUT2D eigenvalue weighted by molar-refractivity contribution is 0.440. The molecule has 0 saturated carbocycles. The first-order chi connectivity index (χ1) is 8.90. The Morgan fingerprint density at radius 3 is 1.74 bits per heavy atom. The minimum Gasteiger partial charge on any atom is -0.322 e. The van der Waals surface area contributed by atoms with Crippen LogP contribution in [0.15, 0.2) is 5.57 Å². The first-order valence-corrected chi connectivity index (χ1v) is 4.74. The highest BCUT2D eigenvalue weighted by Gasteiger charge is 2.27.